The van der Waals surface area contributed by atoms with Crippen molar-refractivity contribution in [2.24, 2.45) is 5.92 Å². The maximum Gasteiger partial charge on any atom is 0.252 e. The molecule has 30 heavy (non-hydrogen) atoms. The van der Waals surface area contributed by atoms with Crippen molar-refractivity contribution in [3.63, 3.8) is 0 Å². The van der Waals surface area contributed by atoms with Crippen LogP contribution in [0.2, 0.25) is 0 Å². The minimum Gasteiger partial charge on any atom is -0.379 e. The van der Waals surface area contributed by atoms with Crippen LogP contribution < -0.4 is 5.32 Å². The Morgan fingerprint density at radius 3 is 2.63 bits per heavy atom. The first-order valence-corrected chi connectivity index (χ1v) is 13.5. The molecule has 0 spiro atoms. The van der Waals surface area contributed by atoms with Gasteiger partial charge in [0.1, 0.15) is 4.21 Å². The third kappa shape index (κ3) is 4.75. The fraction of sp³-hybridized carbons (Fsp3) is 0.762. The highest BCUT2D eigenvalue weighted by Gasteiger charge is 2.40. The third-order valence-electron chi connectivity index (χ3n) is 6.90. The number of morpholine rings is 1. The van der Waals surface area contributed by atoms with Crippen molar-refractivity contribution in [1.82, 2.24) is 14.5 Å². The Hall–Kier alpha value is -1.00. The van der Waals surface area contributed by atoms with Crippen LogP contribution in [-0.2, 0) is 19.6 Å². The predicted molar refractivity (Wildman–Crippen MR) is 117 cm³/mol. The van der Waals surface area contributed by atoms with Crippen LogP contribution in [0.5, 0.6) is 0 Å². The summed E-state index contributed by atoms with van der Waals surface area (Å²) in [5.74, 6) is -0.280. The van der Waals surface area contributed by atoms with E-state index in [-0.39, 0.29) is 23.9 Å². The SMILES string of the molecule is O=C(NCC1(N2CCOCC2)CCCCC1)[C@@H]1CCCN(S(=O)(=O)c2cccs2)C1. The van der Waals surface area contributed by atoms with Gasteiger partial charge >= 0.3 is 0 Å². The van der Waals surface area contributed by atoms with Crippen molar-refractivity contribution in [1.29, 1.82) is 0 Å². The van der Waals surface area contributed by atoms with Crippen LogP contribution in [0.1, 0.15) is 44.9 Å². The van der Waals surface area contributed by atoms with E-state index < -0.39 is 10.0 Å². The molecule has 0 aromatic carbocycles. The van der Waals surface area contributed by atoms with Gasteiger partial charge in [0, 0.05) is 38.3 Å². The quantitative estimate of drug-likeness (QED) is 0.712. The molecule has 1 amide bonds. The second kappa shape index (κ2) is 9.65. The smallest absolute Gasteiger partial charge is 0.252 e. The van der Waals surface area contributed by atoms with Gasteiger partial charge in [-0.3, -0.25) is 9.69 Å². The Bertz CT molecular complexity index is 800. The molecule has 0 unspecified atom stereocenters. The summed E-state index contributed by atoms with van der Waals surface area (Å²) in [5.41, 5.74) is 0.0229. The molecule has 3 fully saturated rings. The number of hydrogen-bond acceptors (Lipinski definition) is 6. The Morgan fingerprint density at radius 2 is 1.93 bits per heavy atom. The molecule has 1 saturated carbocycles. The van der Waals surface area contributed by atoms with E-state index in [1.807, 2.05) is 0 Å². The maximum atomic E-state index is 13.1. The van der Waals surface area contributed by atoms with Gasteiger partial charge in [0.15, 0.2) is 0 Å². The number of nitrogens with zero attached hydrogens (tertiary/aromatic N) is 2. The van der Waals surface area contributed by atoms with Crippen molar-refractivity contribution in [2.45, 2.75) is 54.7 Å². The van der Waals surface area contributed by atoms with E-state index >= 15 is 0 Å². The zero-order chi connectivity index (χ0) is 21.0. The van der Waals surface area contributed by atoms with E-state index in [1.54, 1.807) is 17.5 Å². The maximum absolute atomic E-state index is 13.1. The fourth-order valence-corrected chi connectivity index (χ4v) is 7.83. The van der Waals surface area contributed by atoms with Gasteiger partial charge in [-0.25, -0.2) is 8.42 Å². The minimum absolute atomic E-state index is 0.000660. The number of amides is 1. The Morgan fingerprint density at radius 1 is 1.17 bits per heavy atom. The lowest BCUT2D eigenvalue weighted by molar-refractivity contribution is -0.127. The monoisotopic (exact) mass is 455 g/mol. The molecule has 0 bridgehead atoms. The van der Waals surface area contributed by atoms with E-state index in [0.717, 1.165) is 52.0 Å². The molecule has 0 radical (unpaired) electrons. The number of nitrogens with one attached hydrogen (secondary N) is 1. The molecule has 3 aliphatic rings. The van der Waals surface area contributed by atoms with Crippen LogP contribution in [-0.4, -0.2) is 75.0 Å². The minimum atomic E-state index is -3.50. The molecule has 1 aliphatic carbocycles. The molecule has 1 aromatic heterocycles. The van der Waals surface area contributed by atoms with Crippen LogP contribution >= 0.6 is 11.3 Å². The summed E-state index contributed by atoms with van der Waals surface area (Å²) < 4.78 is 33.1. The number of ether oxygens (including phenoxy) is 1. The summed E-state index contributed by atoms with van der Waals surface area (Å²) in [6.45, 7) is 4.78. The average Bonchev–Trinajstić information content (AvgIpc) is 3.35. The van der Waals surface area contributed by atoms with Crippen LogP contribution in [0.15, 0.2) is 21.7 Å². The summed E-state index contributed by atoms with van der Waals surface area (Å²) in [6, 6.07) is 3.39. The Labute approximate surface area is 183 Å². The molecule has 1 N–H and O–H groups in total. The first-order valence-electron chi connectivity index (χ1n) is 11.2. The molecule has 4 rings (SSSR count). The molecule has 1 atom stereocenters. The molecule has 2 aliphatic heterocycles. The van der Waals surface area contributed by atoms with Crippen LogP contribution in [0.3, 0.4) is 0 Å². The lowest BCUT2D eigenvalue weighted by Crippen LogP contribution is -2.60. The van der Waals surface area contributed by atoms with Gasteiger partial charge in [-0.2, -0.15) is 4.31 Å². The molecule has 1 aromatic rings. The second-order valence-electron chi connectivity index (χ2n) is 8.74. The Balaban J connectivity index is 1.39. The van der Waals surface area contributed by atoms with Gasteiger partial charge in [-0.1, -0.05) is 25.3 Å². The zero-order valence-corrected chi connectivity index (χ0v) is 19.2. The number of hydrogen-bond donors (Lipinski definition) is 1. The van der Waals surface area contributed by atoms with Gasteiger partial charge in [-0.15, -0.1) is 11.3 Å². The van der Waals surface area contributed by atoms with Gasteiger partial charge < -0.3 is 10.1 Å². The molecule has 2 saturated heterocycles. The van der Waals surface area contributed by atoms with Gasteiger partial charge in [0.2, 0.25) is 5.91 Å². The number of carbonyl (C=O) groups is 1. The topological polar surface area (TPSA) is 79.0 Å². The van der Waals surface area contributed by atoms with E-state index in [9.17, 15) is 13.2 Å². The lowest BCUT2D eigenvalue weighted by Gasteiger charge is -2.48. The highest BCUT2D eigenvalue weighted by atomic mass is 32.2. The normalized spacial score (nSPS) is 26.3. The van der Waals surface area contributed by atoms with Crippen molar-refractivity contribution in [3.05, 3.63) is 17.5 Å². The highest BCUT2D eigenvalue weighted by Crippen LogP contribution is 2.34. The molecular formula is C21H33N3O4S2. The summed E-state index contributed by atoms with van der Waals surface area (Å²) in [7, 11) is -3.50. The number of rotatable bonds is 6. The number of sulfonamides is 1. The van der Waals surface area contributed by atoms with E-state index in [4.69, 9.17) is 4.74 Å². The molecule has 9 heteroatoms. The van der Waals surface area contributed by atoms with Crippen LogP contribution in [0.4, 0.5) is 0 Å². The fourth-order valence-electron chi connectivity index (χ4n) is 5.16. The van der Waals surface area contributed by atoms with E-state index in [2.05, 4.69) is 10.2 Å². The standard InChI is InChI=1S/C21H33N3O4S2/c25-20(18-6-4-10-24(16-18)30(26,27)19-7-5-15-29-19)22-17-21(8-2-1-3-9-21)23-11-13-28-14-12-23/h5,7,15,18H,1-4,6,8-14,16-17H2,(H,22,25)/t18-/m1/s1. The Kier molecular flexibility index (Phi) is 7.14. The molecule has 168 valence electrons. The summed E-state index contributed by atoms with van der Waals surface area (Å²) in [4.78, 5) is 15.6. The summed E-state index contributed by atoms with van der Waals surface area (Å²) >= 11 is 1.23. The average molecular weight is 456 g/mol. The lowest BCUT2D eigenvalue weighted by atomic mass is 9.79. The largest absolute Gasteiger partial charge is 0.379 e. The number of thiophene rings is 1. The highest BCUT2D eigenvalue weighted by molar-refractivity contribution is 7.91. The predicted octanol–water partition coefficient (Wildman–Crippen LogP) is 2.30. The van der Waals surface area contributed by atoms with Crippen LogP contribution in [0.25, 0.3) is 0 Å². The molecule has 3 heterocycles. The molecular weight excluding hydrogens is 422 g/mol. The third-order valence-corrected chi connectivity index (χ3v) is 10.1. The first-order chi connectivity index (χ1) is 14.5. The number of piperidine rings is 1. The van der Waals surface area contributed by atoms with E-state index in [0.29, 0.717) is 17.3 Å². The van der Waals surface area contributed by atoms with Crippen molar-refractivity contribution in [2.75, 3.05) is 45.9 Å². The first kappa shape index (κ1) is 22.2. The summed E-state index contributed by atoms with van der Waals surface area (Å²) in [5, 5.41) is 5.00. The van der Waals surface area contributed by atoms with Crippen molar-refractivity contribution < 1.29 is 17.9 Å². The van der Waals surface area contributed by atoms with Crippen LogP contribution in [0, 0.1) is 5.92 Å². The van der Waals surface area contributed by atoms with Gasteiger partial charge in [-0.05, 0) is 37.1 Å². The number of carbonyl (C=O) groups excluding carboxylic acids is 1. The van der Waals surface area contributed by atoms with E-state index in [1.165, 1.54) is 34.9 Å². The van der Waals surface area contributed by atoms with Crippen molar-refractivity contribution >= 4 is 27.3 Å². The second-order valence-corrected chi connectivity index (χ2v) is 11.8. The summed E-state index contributed by atoms with van der Waals surface area (Å²) in [6.07, 6.45) is 7.34. The van der Waals surface area contributed by atoms with Gasteiger partial charge in [0.05, 0.1) is 19.1 Å². The zero-order valence-electron chi connectivity index (χ0n) is 17.6. The molecule has 7 nitrogen and oxygen atoms in total. The van der Waals surface area contributed by atoms with Gasteiger partial charge in [0.25, 0.3) is 10.0 Å². The van der Waals surface area contributed by atoms with Crippen molar-refractivity contribution in [3.8, 4) is 0 Å².